The normalized spacial score (nSPS) is 10.1. The molecule has 2 aromatic rings. The SMILES string of the molecule is Cc1ccccc1Nc1cc(C(=O)O)c(Cl)nn1. The first kappa shape index (κ1) is 12.3. The van der Waals surface area contributed by atoms with Gasteiger partial charge in [-0.05, 0) is 18.6 Å². The summed E-state index contributed by atoms with van der Waals surface area (Å²) in [6, 6.07) is 8.94. The minimum Gasteiger partial charge on any atom is -0.478 e. The molecule has 0 saturated carbocycles. The van der Waals surface area contributed by atoms with E-state index in [1.54, 1.807) is 0 Å². The number of nitrogens with zero attached hydrogens (tertiary/aromatic N) is 2. The average Bonchev–Trinajstić information content (AvgIpc) is 2.34. The Balaban J connectivity index is 2.33. The van der Waals surface area contributed by atoms with Crippen molar-refractivity contribution in [1.29, 1.82) is 0 Å². The van der Waals surface area contributed by atoms with Gasteiger partial charge in [0.15, 0.2) is 11.0 Å². The molecule has 1 aromatic heterocycles. The maximum atomic E-state index is 10.9. The van der Waals surface area contributed by atoms with E-state index in [0.29, 0.717) is 5.82 Å². The molecule has 0 fully saturated rings. The molecular weight excluding hydrogens is 254 g/mol. The van der Waals surface area contributed by atoms with Gasteiger partial charge < -0.3 is 10.4 Å². The number of carbonyl (C=O) groups is 1. The van der Waals surface area contributed by atoms with Crippen LogP contribution in [0, 0.1) is 6.92 Å². The number of hydrogen-bond donors (Lipinski definition) is 2. The van der Waals surface area contributed by atoms with Crippen molar-refractivity contribution in [3.8, 4) is 0 Å². The lowest BCUT2D eigenvalue weighted by Crippen LogP contribution is -2.04. The summed E-state index contributed by atoms with van der Waals surface area (Å²) in [6.07, 6.45) is 0. The Kier molecular flexibility index (Phi) is 3.43. The second-order valence-electron chi connectivity index (χ2n) is 3.68. The first-order chi connectivity index (χ1) is 8.58. The topological polar surface area (TPSA) is 75.1 Å². The molecule has 0 aliphatic heterocycles. The third kappa shape index (κ3) is 2.57. The van der Waals surface area contributed by atoms with Crippen LogP contribution in [0.25, 0.3) is 0 Å². The Hall–Kier alpha value is -2.14. The fraction of sp³-hybridized carbons (Fsp3) is 0.0833. The van der Waals surface area contributed by atoms with Crippen molar-refractivity contribution in [3.05, 3.63) is 46.6 Å². The van der Waals surface area contributed by atoms with Crippen LogP contribution in [0.5, 0.6) is 0 Å². The zero-order chi connectivity index (χ0) is 13.1. The number of aromatic nitrogens is 2. The summed E-state index contributed by atoms with van der Waals surface area (Å²) in [5.41, 5.74) is 1.78. The van der Waals surface area contributed by atoms with E-state index in [-0.39, 0.29) is 10.7 Å². The van der Waals surface area contributed by atoms with Gasteiger partial charge >= 0.3 is 5.97 Å². The summed E-state index contributed by atoms with van der Waals surface area (Å²) >= 11 is 5.64. The lowest BCUT2D eigenvalue weighted by atomic mass is 10.2. The Morgan fingerprint density at radius 3 is 2.72 bits per heavy atom. The molecule has 0 aliphatic carbocycles. The number of benzene rings is 1. The van der Waals surface area contributed by atoms with Gasteiger partial charge in [-0.1, -0.05) is 29.8 Å². The van der Waals surface area contributed by atoms with E-state index < -0.39 is 5.97 Å². The van der Waals surface area contributed by atoms with Gasteiger partial charge in [-0.2, -0.15) is 0 Å². The van der Waals surface area contributed by atoms with Crippen LogP contribution in [0.3, 0.4) is 0 Å². The van der Waals surface area contributed by atoms with E-state index in [0.717, 1.165) is 11.3 Å². The van der Waals surface area contributed by atoms with Gasteiger partial charge in [0.2, 0.25) is 0 Å². The number of aromatic carboxylic acids is 1. The third-order valence-corrected chi connectivity index (χ3v) is 2.67. The second kappa shape index (κ2) is 5.01. The van der Waals surface area contributed by atoms with Crippen LogP contribution in [-0.2, 0) is 0 Å². The highest BCUT2D eigenvalue weighted by Gasteiger charge is 2.12. The molecule has 0 radical (unpaired) electrons. The van der Waals surface area contributed by atoms with E-state index in [1.165, 1.54) is 6.07 Å². The fourth-order valence-electron chi connectivity index (χ4n) is 1.44. The molecule has 0 saturated heterocycles. The van der Waals surface area contributed by atoms with Gasteiger partial charge in [0.25, 0.3) is 0 Å². The largest absolute Gasteiger partial charge is 0.478 e. The van der Waals surface area contributed by atoms with Crippen LogP contribution >= 0.6 is 11.6 Å². The highest BCUT2D eigenvalue weighted by atomic mass is 35.5. The van der Waals surface area contributed by atoms with Crippen LogP contribution in [0.1, 0.15) is 15.9 Å². The molecule has 0 unspecified atom stereocenters. The van der Waals surface area contributed by atoms with Crippen molar-refractivity contribution >= 4 is 29.1 Å². The maximum Gasteiger partial charge on any atom is 0.339 e. The number of hydrogen-bond acceptors (Lipinski definition) is 4. The predicted octanol–water partition coefficient (Wildman–Crippen LogP) is 2.88. The molecule has 0 aliphatic rings. The summed E-state index contributed by atoms with van der Waals surface area (Å²) < 4.78 is 0. The number of rotatable bonds is 3. The van der Waals surface area contributed by atoms with Crippen LogP contribution in [0.4, 0.5) is 11.5 Å². The molecule has 5 nitrogen and oxygen atoms in total. The van der Waals surface area contributed by atoms with Crippen LogP contribution in [-0.4, -0.2) is 21.3 Å². The molecule has 18 heavy (non-hydrogen) atoms. The summed E-state index contributed by atoms with van der Waals surface area (Å²) in [6.45, 7) is 1.93. The first-order valence-electron chi connectivity index (χ1n) is 5.17. The summed E-state index contributed by atoms with van der Waals surface area (Å²) in [7, 11) is 0. The third-order valence-electron chi connectivity index (χ3n) is 2.39. The van der Waals surface area contributed by atoms with Crippen molar-refractivity contribution in [3.63, 3.8) is 0 Å². The van der Waals surface area contributed by atoms with Crippen molar-refractivity contribution in [2.45, 2.75) is 6.92 Å². The van der Waals surface area contributed by atoms with Crippen molar-refractivity contribution in [2.24, 2.45) is 0 Å². The van der Waals surface area contributed by atoms with E-state index in [1.807, 2.05) is 31.2 Å². The second-order valence-corrected chi connectivity index (χ2v) is 4.04. The molecule has 92 valence electrons. The fourth-order valence-corrected chi connectivity index (χ4v) is 1.61. The molecule has 1 heterocycles. The number of carboxylic acid groups (broad SMARTS) is 1. The number of carboxylic acids is 1. The number of anilines is 2. The highest BCUT2D eigenvalue weighted by molar-refractivity contribution is 6.32. The van der Waals surface area contributed by atoms with E-state index in [4.69, 9.17) is 16.7 Å². The molecule has 6 heteroatoms. The Morgan fingerprint density at radius 1 is 1.33 bits per heavy atom. The molecule has 0 atom stereocenters. The average molecular weight is 264 g/mol. The number of nitrogens with one attached hydrogen (secondary N) is 1. The minimum atomic E-state index is -1.14. The van der Waals surface area contributed by atoms with Gasteiger partial charge in [0.05, 0.1) is 0 Å². The Labute approximate surface area is 108 Å². The van der Waals surface area contributed by atoms with Gasteiger partial charge in [-0.3, -0.25) is 0 Å². The lowest BCUT2D eigenvalue weighted by Gasteiger charge is -2.08. The van der Waals surface area contributed by atoms with Crippen LogP contribution < -0.4 is 5.32 Å². The van der Waals surface area contributed by atoms with Gasteiger partial charge in [0, 0.05) is 11.8 Å². The van der Waals surface area contributed by atoms with Gasteiger partial charge in [-0.15, -0.1) is 10.2 Å². The Bertz CT molecular complexity index is 602. The predicted molar refractivity (Wildman–Crippen MR) is 68.5 cm³/mol. The zero-order valence-electron chi connectivity index (χ0n) is 9.51. The molecule has 0 amide bonds. The van der Waals surface area contributed by atoms with E-state index >= 15 is 0 Å². The van der Waals surface area contributed by atoms with E-state index in [9.17, 15) is 4.79 Å². The molecule has 0 spiro atoms. The van der Waals surface area contributed by atoms with Crippen molar-refractivity contribution in [2.75, 3.05) is 5.32 Å². The summed E-state index contributed by atoms with van der Waals surface area (Å²) in [4.78, 5) is 10.9. The summed E-state index contributed by atoms with van der Waals surface area (Å²) in [5, 5.41) is 19.2. The lowest BCUT2D eigenvalue weighted by molar-refractivity contribution is 0.0696. The standard InChI is InChI=1S/C12H10ClN3O2/c1-7-4-2-3-5-9(7)14-10-6-8(12(17)18)11(13)16-15-10/h2-6H,1H3,(H,14,15)(H,17,18). The smallest absolute Gasteiger partial charge is 0.339 e. The monoisotopic (exact) mass is 263 g/mol. The van der Waals surface area contributed by atoms with Crippen LogP contribution in [0.15, 0.2) is 30.3 Å². The number of halogens is 1. The molecule has 0 bridgehead atoms. The first-order valence-corrected chi connectivity index (χ1v) is 5.55. The highest BCUT2D eigenvalue weighted by Crippen LogP contribution is 2.21. The van der Waals surface area contributed by atoms with Crippen molar-refractivity contribution < 1.29 is 9.90 Å². The Morgan fingerprint density at radius 2 is 2.06 bits per heavy atom. The maximum absolute atomic E-state index is 10.9. The molecule has 2 N–H and O–H groups in total. The van der Waals surface area contributed by atoms with Crippen LogP contribution in [0.2, 0.25) is 5.15 Å². The zero-order valence-corrected chi connectivity index (χ0v) is 10.3. The number of aryl methyl sites for hydroxylation is 1. The number of para-hydroxylation sites is 1. The molecule has 1 aromatic carbocycles. The minimum absolute atomic E-state index is 0.0808. The molecular formula is C12H10ClN3O2. The van der Waals surface area contributed by atoms with Gasteiger partial charge in [-0.25, -0.2) is 4.79 Å². The summed E-state index contributed by atoms with van der Waals surface area (Å²) in [5.74, 6) is -0.797. The van der Waals surface area contributed by atoms with Gasteiger partial charge in [0.1, 0.15) is 5.56 Å². The quantitative estimate of drug-likeness (QED) is 0.891. The molecule has 2 rings (SSSR count). The van der Waals surface area contributed by atoms with E-state index in [2.05, 4.69) is 15.5 Å². The van der Waals surface area contributed by atoms with Crippen molar-refractivity contribution in [1.82, 2.24) is 10.2 Å².